The predicted octanol–water partition coefficient (Wildman–Crippen LogP) is 2.02. The molecule has 1 aromatic carbocycles. The van der Waals surface area contributed by atoms with Crippen LogP contribution in [0.25, 0.3) is 0 Å². The van der Waals surface area contributed by atoms with Crippen LogP contribution in [-0.4, -0.2) is 30.5 Å². The summed E-state index contributed by atoms with van der Waals surface area (Å²) in [6.07, 6.45) is 5.18. The number of hydrogen-bond acceptors (Lipinski definition) is 6. The molecule has 0 aliphatic heterocycles. The van der Waals surface area contributed by atoms with Gasteiger partial charge in [-0.3, -0.25) is 4.79 Å². The number of rotatable bonds is 6. The molecule has 2 fully saturated rings. The van der Waals surface area contributed by atoms with Gasteiger partial charge in [-0.1, -0.05) is 18.0 Å². The van der Waals surface area contributed by atoms with E-state index in [0.29, 0.717) is 17.3 Å². The molecule has 1 heterocycles. The fourth-order valence-corrected chi connectivity index (χ4v) is 4.75. The van der Waals surface area contributed by atoms with Gasteiger partial charge in [0.05, 0.1) is 4.90 Å². The van der Waals surface area contributed by atoms with Crippen molar-refractivity contribution in [1.82, 2.24) is 20.2 Å². The van der Waals surface area contributed by atoms with Gasteiger partial charge < -0.3 is 9.84 Å². The fraction of sp³-hybridized carbons (Fsp3) is 0.500. The first-order valence-electron chi connectivity index (χ1n) is 9.14. The second-order valence-corrected chi connectivity index (χ2v) is 9.01. The maximum atomic E-state index is 12.8. The molecular formula is C18H22N4O4S. The Kier molecular flexibility index (Phi) is 4.51. The molecule has 1 aromatic heterocycles. The molecule has 144 valence electrons. The normalized spacial score (nSPS) is 19.1. The van der Waals surface area contributed by atoms with Crippen molar-refractivity contribution in [2.24, 2.45) is 0 Å². The summed E-state index contributed by atoms with van der Waals surface area (Å²) < 4.78 is 32.2. The van der Waals surface area contributed by atoms with E-state index in [4.69, 9.17) is 4.52 Å². The van der Waals surface area contributed by atoms with Gasteiger partial charge in [0.2, 0.25) is 15.9 Å². The predicted molar refractivity (Wildman–Crippen MR) is 96.4 cm³/mol. The van der Waals surface area contributed by atoms with E-state index in [1.807, 2.05) is 0 Å². The van der Waals surface area contributed by atoms with Crippen LogP contribution in [-0.2, 0) is 15.6 Å². The summed E-state index contributed by atoms with van der Waals surface area (Å²) in [5.74, 6) is 0.681. The molecule has 2 aliphatic rings. The Bertz CT molecular complexity index is 942. The van der Waals surface area contributed by atoms with E-state index >= 15 is 0 Å². The molecule has 0 atom stereocenters. The SMILES string of the molecule is Cc1nc(C2(NC(=O)c3ccc(S(=O)(=O)NC4CC4)cc3)CCCC2)no1. The van der Waals surface area contributed by atoms with Crippen molar-refractivity contribution >= 4 is 15.9 Å². The Hall–Kier alpha value is -2.26. The monoisotopic (exact) mass is 390 g/mol. The minimum Gasteiger partial charge on any atom is -0.340 e. The van der Waals surface area contributed by atoms with Gasteiger partial charge in [0.15, 0.2) is 5.82 Å². The van der Waals surface area contributed by atoms with Gasteiger partial charge in [0.1, 0.15) is 5.54 Å². The lowest BCUT2D eigenvalue weighted by Gasteiger charge is -2.26. The van der Waals surface area contributed by atoms with Gasteiger partial charge in [-0.05, 0) is 49.9 Å². The Balaban J connectivity index is 1.52. The van der Waals surface area contributed by atoms with Crippen molar-refractivity contribution in [2.75, 3.05) is 0 Å². The molecule has 2 saturated carbocycles. The number of carbonyl (C=O) groups excluding carboxylic acids is 1. The summed E-state index contributed by atoms with van der Waals surface area (Å²) in [4.78, 5) is 17.2. The minimum atomic E-state index is -3.53. The lowest BCUT2D eigenvalue weighted by atomic mass is 9.96. The Morgan fingerprint density at radius 2 is 1.85 bits per heavy atom. The van der Waals surface area contributed by atoms with E-state index in [0.717, 1.165) is 38.5 Å². The molecule has 8 nitrogen and oxygen atoms in total. The van der Waals surface area contributed by atoms with Crippen molar-refractivity contribution in [3.63, 3.8) is 0 Å². The Labute approximate surface area is 157 Å². The van der Waals surface area contributed by atoms with Gasteiger partial charge in [-0.15, -0.1) is 0 Å². The number of aromatic nitrogens is 2. The lowest BCUT2D eigenvalue weighted by Crippen LogP contribution is -2.44. The molecule has 0 spiro atoms. The number of sulfonamides is 1. The molecule has 27 heavy (non-hydrogen) atoms. The highest BCUT2D eigenvalue weighted by Gasteiger charge is 2.41. The second kappa shape index (κ2) is 6.72. The van der Waals surface area contributed by atoms with Crippen molar-refractivity contribution in [3.8, 4) is 0 Å². The third-order valence-corrected chi connectivity index (χ3v) is 6.63. The van der Waals surface area contributed by atoms with Gasteiger partial charge in [-0.2, -0.15) is 4.98 Å². The maximum Gasteiger partial charge on any atom is 0.252 e. The third kappa shape index (κ3) is 3.74. The van der Waals surface area contributed by atoms with Crippen LogP contribution >= 0.6 is 0 Å². The van der Waals surface area contributed by atoms with Crippen molar-refractivity contribution in [1.29, 1.82) is 0 Å². The van der Waals surface area contributed by atoms with Crippen LogP contribution in [0, 0.1) is 6.92 Å². The van der Waals surface area contributed by atoms with Crippen LogP contribution in [0.3, 0.4) is 0 Å². The summed E-state index contributed by atoms with van der Waals surface area (Å²) >= 11 is 0. The van der Waals surface area contributed by atoms with Crippen LogP contribution in [0.2, 0.25) is 0 Å². The molecule has 0 bridgehead atoms. The molecule has 2 aliphatic carbocycles. The average Bonchev–Trinajstić information content (AvgIpc) is 3.13. The van der Waals surface area contributed by atoms with Crippen LogP contribution < -0.4 is 10.0 Å². The van der Waals surface area contributed by atoms with Crippen LogP contribution in [0.4, 0.5) is 0 Å². The summed E-state index contributed by atoms with van der Waals surface area (Å²) in [7, 11) is -3.53. The number of amides is 1. The van der Waals surface area contributed by atoms with E-state index in [1.165, 1.54) is 24.3 Å². The number of nitrogens with one attached hydrogen (secondary N) is 2. The van der Waals surface area contributed by atoms with E-state index in [9.17, 15) is 13.2 Å². The molecule has 1 amide bonds. The zero-order valence-electron chi connectivity index (χ0n) is 15.1. The second-order valence-electron chi connectivity index (χ2n) is 7.30. The molecule has 4 rings (SSSR count). The van der Waals surface area contributed by atoms with E-state index in [-0.39, 0.29) is 16.8 Å². The molecule has 0 saturated heterocycles. The van der Waals surface area contributed by atoms with Gasteiger partial charge in [0.25, 0.3) is 5.91 Å². The molecule has 2 aromatic rings. The lowest BCUT2D eigenvalue weighted by molar-refractivity contribution is 0.0892. The Morgan fingerprint density at radius 3 is 2.41 bits per heavy atom. The zero-order valence-corrected chi connectivity index (χ0v) is 15.9. The summed E-state index contributed by atoms with van der Waals surface area (Å²) in [5.41, 5.74) is -0.237. The smallest absolute Gasteiger partial charge is 0.252 e. The quantitative estimate of drug-likeness (QED) is 0.780. The maximum absolute atomic E-state index is 12.8. The first-order chi connectivity index (χ1) is 12.9. The Morgan fingerprint density at radius 1 is 1.19 bits per heavy atom. The number of carbonyl (C=O) groups is 1. The number of aryl methyl sites for hydroxylation is 1. The van der Waals surface area contributed by atoms with Crippen LogP contribution in [0.1, 0.15) is 60.6 Å². The topological polar surface area (TPSA) is 114 Å². The summed E-state index contributed by atoms with van der Waals surface area (Å²) in [6.45, 7) is 1.72. The zero-order chi connectivity index (χ0) is 19.1. The van der Waals surface area contributed by atoms with Crippen LogP contribution in [0.15, 0.2) is 33.7 Å². The van der Waals surface area contributed by atoms with Crippen molar-refractivity contribution in [2.45, 2.75) is 61.9 Å². The first kappa shape index (κ1) is 18.1. The number of nitrogens with zero attached hydrogens (tertiary/aromatic N) is 2. The van der Waals surface area contributed by atoms with Crippen molar-refractivity contribution < 1.29 is 17.7 Å². The van der Waals surface area contributed by atoms with Crippen molar-refractivity contribution in [3.05, 3.63) is 41.5 Å². The molecule has 0 unspecified atom stereocenters. The largest absolute Gasteiger partial charge is 0.340 e. The van der Waals surface area contributed by atoms with E-state index in [1.54, 1.807) is 6.92 Å². The highest BCUT2D eigenvalue weighted by molar-refractivity contribution is 7.89. The molecule has 0 radical (unpaired) electrons. The van der Waals surface area contributed by atoms with Gasteiger partial charge >= 0.3 is 0 Å². The third-order valence-electron chi connectivity index (χ3n) is 5.09. The minimum absolute atomic E-state index is 0.0404. The van der Waals surface area contributed by atoms with E-state index < -0.39 is 15.6 Å². The first-order valence-corrected chi connectivity index (χ1v) is 10.6. The van der Waals surface area contributed by atoms with Gasteiger partial charge in [-0.25, -0.2) is 13.1 Å². The average molecular weight is 390 g/mol. The highest BCUT2D eigenvalue weighted by Crippen LogP contribution is 2.37. The highest BCUT2D eigenvalue weighted by atomic mass is 32.2. The molecule has 2 N–H and O–H groups in total. The fourth-order valence-electron chi connectivity index (χ4n) is 3.44. The van der Waals surface area contributed by atoms with Gasteiger partial charge in [0, 0.05) is 18.5 Å². The standard InChI is InChI=1S/C18H22N4O4S/c1-12-19-17(21-26-12)18(10-2-3-11-18)20-16(23)13-4-8-15(9-5-13)27(24,25)22-14-6-7-14/h4-5,8-9,14,22H,2-3,6-7,10-11H2,1H3,(H,20,23). The van der Waals surface area contributed by atoms with Crippen LogP contribution in [0.5, 0.6) is 0 Å². The molecular weight excluding hydrogens is 368 g/mol. The number of hydrogen-bond donors (Lipinski definition) is 2. The molecule has 9 heteroatoms. The number of benzene rings is 1. The summed E-state index contributed by atoms with van der Waals surface area (Å²) in [6, 6.07) is 6.01. The van der Waals surface area contributed by atoms with E-state index in [2.05, 4.69) is 20.2 Å². The summed E-state index contributed by atoms with van der Waals surface area (Å²) in [5, 5.41) is 7.06.